The highest BCUT2D eigenvalue weighted by Gasteiger charge is 2.66. The summed E-state index contributed by atoms with van der Waals surface area (Å²) < 4.78 is 15.8. The Morgan fingerprint density at radius 2 is 2.04 bits per heavy atom. The Labute approximate surface area is 135 Å². The minimum Gasteiger partial charge on any atom is -0.460 e. The first-order chi connectivity index (χ1) is 10.7. The van der Waals surface area contributed by atoms with Crippen LogP contribution in [0.15, 0.2) is 12.2 Å². The molecular weight excluding hydrogens is 300 g/mol. The lowest BCUT2D eigenvalue weighted by Gasteiger charge is -2.34. The van der Waals surface area contributed by atoms with Crippen molar-refractivity contribution in [1.29, 1.82) is 0 Å². The van der Waals surface area contributed by atoms with E-state index in [9.17, 15) is 14.4 Å². The van der Waals surface area contributed by atoms with Gasteiger partial charge in [-0.2, -0.15) is 0 Å². The summed E-state index contributed by atoms with van der Waals surface area (Å²) in [5, 5.41) is 0. The van der Waals surface area contributed by atoms with Crippen LogP contribution >= 0.6 is 0 Å². The van der Waals surface area contributed by atoms with E-state index in [-0.39, 0.29) is 41.3 Å². The van der Waals surface area contributed by atoms with Gasteiger partial charge in [-0.25, -0.2) is 9.59 Å². The van der Waals surface area contributed by atoms with Crippen molar-refractivity contribution in [2.75, 3.05) is 6.61 Å². The van der Waals surface area contributed by atoms with Crippen LogP contribution in [0.1, 0.15) is 33.6 Å². The van der Waals surface area contributed by atoms with Crippen LogP contribution in [0.2, 0.25) is 0 Å². The number of hydrogen-bond donors (Lipinski definition) is 0. The maximum absolute atomic E-state index is 12.0. The molecule has 0 N–H and O–H groups in total. The molecule has 3 aliphatic rings. The topological polar surface area (TPSA) is 78.9 Å². The second-order valence-corrected chi connectivity index (χ2v) is 7.36. The van der Waals surface area contributed by atoms with E-state index in [1.807, 2.05) is 13.8 Å². The van der Waals surface area contributed by atoms with Crippen molar-refractivity contribution in [3.8, 4) is 0 Å². The van der Waals surface area contributed by atoms with Crippen molar-refractivity contribution in [2.24, 2.45) is 23.7 Å². The van der Waals surface area contributed by atoms with Crippen molar-refractivity contribution in [2.45, 2.75) is 45.3 Å². The summed E-state index contributed by atoms with van der Waals surface area (Å²) in [6, 6.07) is 0. The quantitative estimate of drug-likeness (QED) is 0.445. The Kier molecular flexibility index (Phi) is 3.73. The number of cyclic esters (lactones) is 1. The van der Waals surface area contributed by atoms with Gasteiger partial charge in [-0.05, 0) is 39.5 Å². The predicted molar refractivity (Wildman–Crippen MR) is 79.0 cm³/mol. The van der Waals surface area contributed by atoms with Gasteiger partial charge in [-0.1, -0.05) is 6.58 Å². The third-order valence-electron chi connectivity index (χ3n) is 5.33. The van der Waals surface area contributed by atoms with E-state index in [1.54, 1.807) is 0 Å². The van der Waals surface area contributed by atoms with E-state index in [0.717, 1.165) is 6.42 Å². The Morgan fingerprint density at radius 3 is 2.70 bits per heavy atom. The Hall–Kier alpha value is -1.85. The van der Waals surface area contributed by atoms with Crippen LogP contribution in [0.5, 0.6) is 0 Å². The largest absolute Gasteiger partial charge is 0.460 e. The van der Waals surface area contributed by atoms with Gasteiger partial charge in [0.05, 0.1) is 5.92 Å². The highest BCUT2D eigenvalue weighted by molar-refractivity contribution is 5.88. The molecule has 5 atom stereocenters. The van der Waals surface area contributed by atoms with E-state index < -0.39 is 24.1 Å². The molecule has 0 spiro atoms. The zero-order valence-corrected chi connectivity index (χ0v) is 13.7. The monoisotopic (exact) mass is 322 g/mol. The summed E-state index contributed by atoms with van der Waals surface area (Å²) in [5.74, 6) is -0.909. The standard InChI is InChI=1S/C17H22O6/c1-8(2)15(19)21-7-12(18)22-11-6-9-5-10(11)14-13(9)16(20)23-17(14,3)4/h9-11,13-14H,1,5-7H2,2-4H3. The Balaban J connectivity index is 1.60. The molecular formula is C17H22O6. The van der Waals surface area contributed by atoms with Crippen LogP contribution in [0.4, 0.5) is 0 Å². The van der Waals surface area contributed by atoms with Gasteiger partial charge in [-0.3, -0.25) is 4.79 Å². The zero-order valence-electron chi connectivity index (χ0n) is 13.7. The van der Waals surface area contributed by atoms with Crippen molar-refractivity contribution < 1.29 is 28.6 Å². The van der Waals surface area contributed by atoms with Gasteiger partial charge in [0.25, 0.3) is 0 Å². The van der Waals surface area contributed by atoms with Crippen LogP contribution in [-0.4, -0.2) is 36.2 Å². The van der Waals surface area contributed by atoms with Gasteiger partial charge in [0.2, 0.25) is 0 Å². The highest BCUT2D eigenvalue weighted by atomic mass is 16.6. The fourth-order valence-electron chi connectivity index (χ4n) is 4.57. The third kappa shape index (κ3) is 2.64. The summed E-state index contributed by atoms with van der Waals surface area (Å²) in [5.41, 5.74) is -0.275. The van der Waals surface area contributed by atoms with E-state index >= 15 is 0 Å². The minimum atomic E-state index is -0.606. The smallest absolute Gasteiger partial charge is 0.344 e. The normalized spacial score (nSPS) is 36.3. The van der Waals surface area contributed by atoms with Crippen molar-refractivity contribution in [1.82, 2.24) is 0 Å². The van der Waals surface area contributed by atoms with Gasteiger partial charge in [0.1, 0.15) is 11.7 Å². The molecule has 23 heavy (non-hydrogen) atoms. The highest BCUT2D eigenvalue weighted by Crippen LogP contribution is 2.60. The molecule has 2 saturated carbocycles. The number of fused-ring (bicyclic) bond motifs is 5. The number of esters is 3. The van der Waals surface area contributed by atoms with Crippen molar-refractivity contribution in [3.63, 3.8) is 0 Å². The first-order valence-corrected chi connectivity index (χ1v) is 7.95. The van der Waals surface area contributed by atoms with Gasteiger partial charge in [0.15, 0.2) is 6.61 Å². The number of hydrogen-bond acceptors (Lipinski definition) is 6. The molecule has 0 aromatic carbocycles. The van der Waals surface area contributed by atoms with E-state index in [1.165, 1.54) is 6.92 Å². The lowest BCUT2D eigenvalue weighted by atomic mass is 9.72. The predicted octanol–water partition coefficient (Wildman–Crippen LogP) is 1.63. The lowest BCUT2D eigenvalue weighted by molar-refractivity contribution is -0.164. The number of rotatable bonds is 4. The molecule has 1 saturated heterocycles. The number of carbonyl (C=O) groups excluding carboxylic acids is 3. The SMILES string of the molecule is C=C(C)C(=O)OCC(=O)OC1CC2CC1C1C2C(=O)OC1(C)C. The van der Waals surface area contributed by atoms with Gasteiger partial charge < -0.3 is 14.2 Å². The molecule has 1 heterocycles. The van der Waals surface area contributed by atoms with Gasteiger partial charge >= 0.3 is 17.9 Å². The van der Waals surface area contributed by atoms with Crippen LogP contribution in [0, 0.1) is 23.7 Å². The van der Waals surface area contributed by atoms with E-state index in [2.05, 4.69) is 6.58 Å². The molecule has 5 unspecified atom stereocenters. The summed E-state index contributed by atoms with van der Waals surface area (Å²) in [7, 11) is 0. The average Bonchev–Trinajstić information content (AvgIpc) is 3.07. The Bertz CT molecular complexity index is 578. The molecule has 0 radical (unpaired) electrons. The van der Waals surface area contributed by atoms with Crippen LogP contribution < -0.4 is 0 Å². The molecule has 0 aromatic heterocycles. The number of carbonyl (C=O) groups is 3. The fraction of sp³-hybridized carbons (Fsp3) is 0.706. The van der Waals surface area contributed by atoms with Crippen LogP contribution in [0.25, 0.3) is 0 Å². The maximum atomic E-state index is 12.0. The molecule has 6 nitrogen and oxygen atoms in total. The van der Waals surface area contributed by atoms with E-state index in [0.29, 0.717) is 6.42 Å². The number of ether oxygens (including phenoxy) is 3. The zero-order chi connectivity index (χ0) is 16.9. The molecule has 6 heteroatoms. The average molecular weight is 322 g/mol. The molecule has 0 aromatic rings. The lowest BCUT2D eigenvalue weighted by Crippen LogP contribution is -2.41. The van der Waals surface area contributed by atoms with E-state index in [4.69, 9.17) is 14.2 Å². The first-order valence-electron chi connectivity index (χ1n) is 7.95. The Morgan fingerprint density at radius 1 is 1.35 bits per heavy atom. The van der Waals surface area contributed by atoms with Gasteiger partial charge in [0, 0.05) is 17.4 Å². The second-order valence-electron chi connectivity index (χ2n) is 7.36. The minimum absolute atomic E-state index is 0.0637. The summed E-state index contributed by atoms with van der Waals surface area (Å²) in [6.45, 7) is 8.40. The summed E-state index contributed by atoms with van der Waals surface area (Å²) in [4.78, 5) is 35.2. The fourth-order valence-corrected chi connectivity index (χ4v) is 4.57. The maximum Gasteiger partial charge on any atom is 0.344 e. The van der Waals surface area contributed by atoms with Gasteiger partial charge in [-0.15, -0.1) is 0 Å². The summed E-state index contributed by atoms with van der Waals surface area (Å²) >= 11 is 0. The summed E-state index contributed by atoms with van der Waals surface area (Å²) in [6.07, 6.45) is 1.33. The molecule has 1 aliphatic heterocycles. The molecule has 3 rings (SSSR count). The second kappa shape index (κ2) is 5.35. The molecule has 2 aliphatic carbocycles. The first kappa shape index (κ1) is 16.0. The van der Waals surface area contributed by atoms with Crippen LogP contribution in [0.3, 0.4) is 0 Å². The third-order valence-corrected chi connectivity index (χ3v) is 5.33. The van der Waals surface area contributed by atoms with Crippen LogP contribution in [-0.2, 0) is 28.6 Å². The molecule has 126 valence electrons. The molecule has 0 amide bonds. The molecule has 2 bridgehead atoms. The van der Waals surface area contributed by atoms with Crippen molar-refractivity contribution >= 4 is 17.9 Å². The molecule has 3 fully saturated rings. The van der Waals surface area contributed by atoms with Crippen molar-refractivity contribution in [3.05, 3.63) is 12.2 Å².